The highest BCUT2D eigenvalue weighted by Crippen LogP contribution is 2.26. The molecule has 0 aromatic heterocycles. The van der Waals surface area contributed by atoms with Crippen LogP contribution in [0.25, 0.3) is 0 Å². The highest BCUT2D eigenvalue weighted by molar-refractivity contribution is 5.70. The van der Waals surface area contributed by atoms with Gasteiger partial charge in [0.2, 0.25) is 0 Å². The molecule has 0 atom stereocenters. The lowest BCUT2D eigenvalue weighted by atomic mass is 9.87. The van der Waals surface area contributed by atoms with E-state index in [1.54, 1.807) is 0 Å². The van der Waals surface area contributed by atoms with E-state index in [1.165, 1.54) is 0 Å². The van der Waals surface area contributed by atoms with Gasteiger partial charge >= 0.3 is 23.9 Å². The summed E-state index contributed by atoms with van der Waals surface area (Å²) in [5.41, 5.74) is -1.15. The van der Waals surface area contributed by atoms with Gasteiger partial charge in [-0.25, -0.2) is 0 Å². The average Bonchev–Trinajstić information content (AvgIpc) is 2.98. The maximum absolute atomic E-state index is 12.4. The molecule has 0 saturated heterocycles. The molecule has 0 aromatic rings. The second-order valence-corrected chi connectivity index (χ2v) is 10.6. The second-order valence-electron chi connectivity index (χ2n) is 10.6. The minimum atomic E-state index is -1.15. The summed E-state index contributed by atoms with van der Waals surface area (Å²) in [6, 6.07) is 0. The van der Waals surface area contributed by atoms with Crippen molar-refractivity contribution in [2.45, 2.75) is 109 Å². The fourth-order valence-corrected chi connectivity index (χ4v) is 3.94. The van der Waals surface area contributed by atoms with Crippen LogP contribution in [0.4, 0.5) is 0 Å². The maximum Gasteiger partial charge on any atom is 0.305 e. The first-order valence-electron chi connectivity index (χ1n) is 15.4. The van der Waals surface area contributed by atoms with Crippen molar-refractivity contribution in [1.82, 2.24) is 0 Å². The first-order valence-corrected chi connectivity index (χ1v) is 15.4. The van der Waals surface area contributed by atoms with E-state index in [9.17, 15) is 19.2 Å². The van der Waals surface area contributed by atoms with E-state index >= 15 is 0 Å². The Hall–Kier alpha value is -2.28. The molecule has 12 heteroatoms. The Bertz CT molecular complexity index is 643. The zero-order chi connectivity index (χ0) is 31.3. The van der Waals surface area contributed by atoms with Crippen molar-refractivity contribution < 1.29 is 58.6 Å². The quantitative estimate of drug-likeness (QED) is 0.0555. The van der Waals surface area contributed by atoms with Gasteiger partial charge in [-0.1, -0.05) is 25.7 Å². The smallest absolute Gasteiger partial charge is 0.305 e. The van der Waals surface area contributed by atoms with Crippen molar-refractivity contribution >= 4 is 23.9 Å². The highest BCUT2D eigenvalue weighted by atomic mass is 16.6. The van der Waals surface area contributed by atoms with Gasteiger partial charge in [0, 0.05) is 52.1 Å². The Labute approximate surface area is 250 Å². The van der Waals surface area contributed by atoms with Crippen molar-refractivity contribution in [3.8, 4) is 0 Å². The molecular formula is C30H54O12. The van der Waals surface area contributed by atoms with E-state index in [4.69, 9.17) is 39.4 Å². The van der Waals surface area contributed by atoms with Crippen LogP contribution in [0.1, 0.15) is 109 Å². The minimum absolute atomic E-state index is 0.0368. The lowest BCUT2D eigenvalue weighted by molar-refractivity contribution is -0.166. The summed E-state index contributed by atoms with van der Waals surface area (Å²) in [5, 5.41) is 35.7. The summed E-state index contributed by atoms with van der Waals surface area (Å²) in [4.78, 5) is 49.5. The van der Waals surface area contributed by atoms with Crippen LogP contribution in [0.2, 0.25) is 0 Å². The van der Waals surface area contributed by atoms with E-state index in [1.807, 2.05) is 0 Å². The summed E-state index contributed by atoms with van der Waals surface area (Å²) >= 11 is 0. The molecule has 0 fully saturated rings. The molecule has 4 N–H and O–H groups in total. The van der Waals surface area contributed by atoms with Crippen LogP contribution in [0, 0.1) is 5.41 Å². The van der Waals surface area contributed by atoms with Gasteiger partial charge in [-0.2, -0.15) is 0 Å². The normalized spacial score (nSPS) is 11.2. The molecule has 0 unspecified atom stereocenters. The molecule has 0 bridgehead atoms. The maximum atomic E-state index is 12.4. The van der Waals surface area contributed by atoms with Crippen molar-refractivity contribution in [1.29, 1.82) is 0 Å². The summed E-state index contributed by atoms with van der Waals surface area (Å²) in [6.07, 6.45) is 7.84. The molecule has 0 saturated carbocycles. The van der Waals surface area contributed by atoms with E-state index in [0.717, 1.165) is 0 Å². The Morgan fingerprint density at radius 3 is 0.976 bits per heavy atom. The van der Waals surface area contributed by atoms with Crippen LogP contribution in [-0.4, -0.2) is 97.2 Å². The van der Waals surface area contributed by atoms with Crippen molar-refractivity contribution in [2.75, 3.05) is 52.9 Å². The Kier molecular flexibility index (Phi) is 26.1. The highest BCUT2D eigenvalue weighted by Gasteiger charge is 2.36. The molecule has 0 aliphatic heterocycles. The average molecular weight is 607 g/mol. The zero-order valence-electron chi connectivity index (χ0n) is 25.2. The van der Waals surface area contributed by atoms with E-state index in [0.29, 0.717) is 77.0 Å². The third kappa shape index (κ3) is 23.3. The van der Waals surface area contributed by atoms with Crippen LogP contribution >= 0.6 is 0 Å². The third-order valence-electron chi connectivity index (χ3n) is 6.67. The van der Waals surface area contributed by atoms with Gasteiger partial charge in [-0.15, -0.1) is 0 Å². The molecule has 0 aliphatic carbocycles. The van der Waals surface area contributed by atoms with Crippen molar-refractivity contribution in [3.63, 3.8) is 0 Å². The number of rotatable bonds is 29. The van der Waals surface area contributed by atoms with E-state index in [2.05, 4.69) is 0 Å². The van der Waals surface area contributed by atoms with Gasteiger partial charge in [0.05, 0.1) is 12.0 Å². The molecule has 0 aromatic carbocycles. The van der Waals surface area contributed by atoms with E-state index in [-0.39, 0.29) is 85.0 Å². The molecule has 0 aliphatic rings. The summed E-state index contributed by atoms with van der Waals surface area (Å²) in [6.45, 7) is -0.591. The lowest BCUT2D eigenvalue weighted by Gasteiger charge is -2.32. The Morgan fingerprint density at radius 1 is 0.405 bits per heavy atom. The number of esters is 4. The molecule has 0 amide bonds. The molecule has 246 valence electrons. The largest absolute Gasteiger partial charge is 0.466 e. The van der Waals surface area contributed by atoms with E-state index < -0.39 is 29.3 Å². The Balaban J connectivity index is 5.43. The van der Waals surface area contributed by atoms with Gasteiger partial charge < -0.3 is 39.4 Å². The summed E-state index contributed by atoms with van der Waals surface area (Å²) in [7, 11) is 0. The first kappa shape index (κ1) is 39.7. The van der Waals surface area contributed by atoms with Gasteiger partial charge in [0.15, 0.2) is 0 Å². The molecule has 0 spiro atoms. The summed E-state index contributed by atoms with van der Waals surface area (Å²) < 4.78 is 22.0. The number of aliphatic hydroxyl groups excluding tert-OH is 4. The van der Waals surface area contributed by atoms with Crippen LogP contribution in [-0.2, 0) is 38.1 Å². The lowest BCUT2D eigenvalue weighted by Crippen LogP contribution is -2.40. The number of aliphatic hydroxyl groups is 4. The predicted octanol–water partition coefficient (Wildman–Crippen LogP) is 2.75. The molecule has 0 radical (unpaired) electrons. The van der Waals surface area contributed by atoms with Crippen LogP contribution in [0.3, 0.4) is 0 Å². The molecular weight excluding hydrogens is 552 g/mol. The predicted molar refractivity (Wildman–Crippen MR) is 153 cm³/mol. The molecule has 0 heterocycles. The van der Waals surface area contributed by atoms with Crippen LogP contribution in [0.15, 0.2) is 0 Å². The topological polar surface area (TPSA) is 186 Å². The number of unbranched alkanes of at least 4 members (excludes halogenated alkanes) is 8. The third-order valence-corrected chi connectivity index (χ3v) is 6.67. The molecule has 12 nitrogen and oxygen atoms in total. The fourth-order valence-electron chi connectivity index (χ4n) is 3.94. The van der Waals surface area contributed by atoms with Gasteiger partial charge in [-0.3, -0.25) is 19.2 Å². The monoisotopic (exact) mass is 606 g/mol. The zero-order valence-corrected chi connectivity index (χ0v) is 25.2. The first-order chi connectivity index (χ1) is 20.3. The Morgan fingerprint density at radius 2 is 0.690 bits per heavy atom. The standard InChI is InChI=1S/C30H54O12/c31-18-9-1-5-13-26(35)39-22-17-30(23-40-27(36)14-6-2-10-19-32,24-41-28(37)15-7-3-11-20-33)25-42-29(38)16-8-4-12-21-34/h31-34H,1-25H2. The number of carbonyl (C=O) groups is 4. The second kappa shape index (κ2) is 27.5. The number of carbonyl (C=O) groups excluding carboxylic acids is 4. The van der Waals surface area contributed by atoms with Gasteiger partial charge in [-0.05, 0) is 57.8 Å². The van der Waals surface area contributed by atoms with Crippen molar-refractivity contribution in [3.05, 3.63) is 0 Å². The van der Waals surface area contributed by atoms with Crippen LogP contribution in [0.5, 0.6) is 0 Å². The molecule has 0 rings (SSSR count). The summed E-state index contributed by atoms with van der Waals surface area (Å²) in [5.74, 6) is -1.87. The molecule has 42 heavy (non-hydrogen) atoms. The number of hydrogen-bond donors (Lipinski definition) is 4. The van der Waals surface area contributed by atoms with Gasteiger partial charge in [0.25, 0.3) is 0 Å². The van der Waals surface area contributed by atoms with Crippen LogP contribution < -0.4 is 0 Å². The number of hydrogen-bond acceptors (Lipinski definition) is 12. The number of ether oxygens (including phenoxy) is 4. The van der Waals surface area contributed by atoms with Crippen molar-refractivity contribution in [2.24, 2.45) is 5.41 Å². The SMILES string of the molecule is O=C(CCCCCO)OCCC(COC(=O)CCCCCO)(COC(=O)CCCCCO)COC(=O)CCCCCO. The fraction of sp³-hybridized carbons (Fsp3) is 0.867. The van der Waals surface area contributed by atoms with Gasteiger partial charge in [0.1, 0.15) is 19.8 Å². The minimum Gasteiger partial charge on any atom is -0.466 e.